The SMILES string of the molecule is CCNC1(C#N)CCCC1CCSc1ncn[nH]1. The fraction of sp³-hybridized carbons (Fsp3) is 0.750. The largest absolute Gasteiger partial charge is 0.299 e. The van der Waals surface area contributed by atoms with Gasteiger partial charge in [0.2, 0.25) is 0 Å². The van der Waals surface area contributed by atoms with Gasteiger partial charge in [-0.1, -0.05) is 25.1 Å². The Labute approximate surface area is 112 Å². The second-order valence-corrected chi connectivity index (χ2v) is 5.71. The van der Waals surface area contributed by atoms with Gasteiger partial charge in [-0.15, -0.1) is 0 Å². The van der Waals surface area contributed by atoms with Gasteiger partial charge in [0, 0.05) is 5.75 Å². The van der Waals surface area contributed by atoms with E-state index in [9.17, 15) is 5.26 Å². The van der Waals surface area contributed by atoms with Gasteiger partial charge in [0.1, 0.15) is 11.9 Å². The molecule has 2 atom stereocenters. The Morgan fingerprint density at radius 1 is 1.72 bits per heavy atom. The van der Waals surface area contributed by atoms with Gasteiger partial charge in [0.25, 0.3) is 0 Å². The molecule has 0 spiro atoms. The number of aromatic nitrogens is 3. The van der Waals surface area contributed by atoms with Crippen LogP contribution in [0.2, 0.25) is 0 Å². The molecule has 0 aromatic carbocycles. The molecule has 0 aliphatic heterocycles. The van der Waals surface area contributed by atoms with Crippen LogP contribution in [0.25, 0.3) is 0 Å². The molecule has 0 amide bonds. The van der Waals surface area contributed by atoms with E-state index in [-0.39, 0.29) is 5.54 Å². The summed E-state index contributed by atoms with van der Waals surface area (Å²) < 4.78 is 0. The van der Waals surface area contributed by atoms with E-state index < -0.39 is 0 Å². The summed E-state index contributed by atoms with van der Waals surface area (Å²) in [6.07, 6.45) is 5.85. The van der Waals surface area contributed by atoms with Crippen LogP contribution in [0.1, 0.15) is 32.6 Å². The molecule has 1 heterocycles. The van der Waals surface area contributed by atoms with Crippen LogP contribution in [-0.2, 0) is 0 Å². The Kier molecular flexibility index (Phi) is 4.61. The minimum atomic E-state index is -0.295. The van der Waals surface area contributed by atoms with E-state index in [4.69, 9.17) is 0 Å². The molecule has 2 rings (SSSR count). The number of nitriles is 1. The molecule has 1 aromatic rings. The Balaban J connectivity index is 1.86. The van der Waals surface area contributed by atoms with E-state index in [0.29, 0.717) is 5.92 Å². The molecule has 18 heavy (non-hydrogen) atoms. The van der Waals surface area contributed by atoms with Crippen LogP contribution in [0, 0.1) is 17.2 Å². The third-order valence-electron chi connectivity index (χ3n) is 3.61. The lowest BCUT2D eigenvalue weighted by atomic mass is 9.86. The number of thioether (sulfide) groups is 1. The van der Waals surface area contributed by atoms with Crippen molar-refractivity contribution in [1.29, 1.82) is 5.26 Å². The monoisotopic (exact) mass is 265 g/mol. The van der Waals surface area contributed by atoms with Crippen molar-refractivity contribution in [2.24, 2.45) is 5.92 Å². The first-order chi connectivity index (χ1) is 8.80. The molecule has 1 fully saturated rings. The molecule has 1 aliphatic rings. The van der Waals surface area contributed by atoms with Gasteiger partial charge in [0.05, 0.1) is 6.07 Å². The second kappa shape index (κ2) is 6.21. The minimum Gasteiger partial charge on any atom is -0.299 e. The van der Waals surface area contributed by atoms with Gasteiger partial charge in [-0.25, -0.2) is 4.98 Å². The van der Waals surface area contributed by atoms with Crippen LogP contribution in [0.5, 0.6) is 0 Å². The molecule has 2 N–H and O–H groups in total. The van der Waals surface area contributed by atoms with E-state index in [1.807, 2.05) is 0 Å². The number of rotatable bonds is 6. The van der Waals surface area contributed by atoms with Crippen molar-refractivity contribution < 1.29 is 0 Å². The molecule has 1 aromatic heterocycles. The Morgan fingerprint density at radius 2 is 2.61 bits per heavy atom. The van der Waals surface area contributed by atoms with E-state index in [2.05, 4.69) is 33.5 Å². The average Bonchev–Trinajstić information content (AvgIpc) is 3.01. The van der Waals surface area contributed by atoms with E-state index in [0.717, 1.165) is 43.1 Å². The number of hydrogen-bond acceptors (Lipinski definition) is 5. The summed E-state index contributed by atoms with van der Waals surface area (Å²) in [5.74, 6) is 1.44. The van der Waals surface area contributed by atoms with Crippen molar-refractivity contribution in [3.8, 4) is 6.07 Å². The molecule has 1 aliphatic carbocycles. The molecule has 6 heteroatoms. The summed E-state index contributed by atoms with van der Waals surface area (Å²) in [5.41, 5.74) is -0.295. The molecule has 0 saturated heterocycles. The highest BCUT2D eigenvalue weighted by molar-refractivity contribution is 7.99. The number of hydrogen-bond donors (Lipinski definition) is 2. The van der Waals surface area contributed by atoms with Crippen LogP contribution in [0.3, 0.4) is 0 Å². The smallest absolute Gasteiger partial charge is 0.183 e. The van der Waals surface area contributed by atoms with Gasteiger partial charge in [-0.2, -0.15) is 10.4 Å². The van der Waals surface area contributed by atoms with Gasteiger partial charge in [-0.3, -0.25) is 10.4 Å². The molecule has 0 radical (unpaired) electrons. The first kappa shape index (κ1) is 13.4. The van der Waals surface area contributed by atoms with Crippen molar-refractivity contribution in [1.82, 2.24) is 20.5 Å². The summed E-state index contributed by atoms with van der Waals surface area (Å²) in [5, 5.41) is 20.4. The summed E-state index contributed by atoms with van der Waals surface area (Å²) in [6.45, 7) is 2.93. The molecular weight excluding hydrogens is 246 g/mol. The van der Waals surface area contributed by atoms with Crippen molar-refractivity contribution in [2.45, 2.75) is 43.3 Å². The van der Waals surface area contributed by atoms with E-state index in [1.165, 1.54) is 6.33 Å². The van der Waals surface area contributed by atoms with Crippen LogP contribution in [-0.4, -0.2) is 33.0 Å². The quantitative estimate of drug-likeness (QED) is 0.769. The van der Waals surface area contributed by atoms with Gasteiger partial charge >= 0.3 is 0 Å². The molecule has 2 unspecified atom stereocenters. The third-order valence-corrected chi connectivity index (χ3v) is 4.52. The number of nitrogens with zero attached hydrogens (tertiary/aromatic N) is 3. The van der Waals surface area contributed by atoms with Gasteiger partial charge < -0.3 is 0 Å². The lowest BCUT2D eigenvalue weighted by Crippen LogP contribution is -2.47. The van der Waals surface area contributed by atoms with Crippen LogP contribution < -0.4 is 5.32 Å². The topological polar surface area (TPSA) is 77.4 Å². The lowest BCUT2D eigenvalue weighted by Gasteiger charge is -2.29. The maximum absolute atomic E-state index is 9.45. The first-order valence-corrected chi connectivity index (χ1v) is 7.44. The van der Waals surface area contributed by atoms with E-state index >= 15 is 0 Å². The van der Waals surface area contributed by atoms with Crippen LogP contribution in [0.15, 0.2) is 11.5 Å². The molecule has 1 saturated carbocycles. The highest BCUT2D eigenvalue weighted by Crippen LogP contribution is 2.38. The average molecular weight is 265 g/mol. The Morgan fingerprint density at radius 3 is 3.28 bits per heavy atom. The van der Waals surface area contributed by atoms with Crippen LogP contribution >= 0.6 is 11.8 Å². The lowest BCUT2D eigenvalue weighted by molar-refractivity contribution is 0.317. The highest BCUT2D eigenvalue weighted by Gasteiger charge is 2.41. The summed E-state index contributed by atoms with van der Waals surface area (Å²) >= 11 is 1.68. The maximum Gasteiger partial charge on any atom is 0.183 e. The fourth-order valence-electron chi connectivity index (χ4n) is 2.77. The standard InChI is InChI=1S/C12H19N5S/c1-2-15-12(8-13)6-3-4-10(12)5-7-18-11-14-9-16-17-11/h9-10,15H,2-7H2,1H3,(H,14,16,17). The Hall–Kier alpha value is -1.06. The number of nitrogens with one attached hydrogen (secondary N) is 2. The summed E-state index contributed by atoms with van der Waals surface area (Å²) in [4.78, 5) is 4.09. The third kappa shape index (κ3) is 2.85. The molecule has 98 valence electrons. The summed E-state index contributed by atoms with van der Waals surface area (Å²) in [7, 11) is 0. The summed E-state index contributed by atoms with van der Waals surface area (Å²) in [6, 6.07) is 2.52. The van der Waals surface area contributed by atoms with E-state index in [1.54, 1.807) is 11.8 Å². The number of aromatic amines is 1. The highest BCUT2D eigenvalue weighted by atomic mass is 32.2. The van der Waals surface area contributed by atoms with Gasteiger partial charge in [-0.05, 0) is 31.7 Å². The number of H-pyrrole nitrogens is 1. The zero-order valence-corrected chi connectivity index (χ0v) is 11.5. The Bertz CT molecular complexity index is 399. The zero-order chi connectivity index (χ0) is 12.8. The van der Waals surface area contributed by atoms with Crippen molar-refractivity contribution in [3.63, 3.8) is 0 Å². The van der Waals surface area contributed by atoms with Gasteiger partial charge in [0.15, 0.2) is 5.16 Å². The van der Waals surface area contributed by atoms with Crippen molar-refractivity contribution >= 4 is 11.8 Å². The fourth-order valence-corrected chi connectivity index (χ4v) is 3.60. The minimum absolute atomic E-state index is 0.295. The molecule has 5 nitrogen and oxygen atoms in total. The normalized spacial score (nSPS) is 27.2. The second-order valence-electron chi connectivity index (χ2n) is 4.63. The molecular formula is C12H19N5S. The first-order valence-electron chi connectivity index (χ1n) is 6.45. The van der Waals surface area contributed by atoms with Crippen molar-refractivity contribution in [2.75, 3.05) is 12.3 Å². The maximum atomic E-state index is 9.45. The van der Waals surface area contributed by atoms with Crippen molar-refractivity contribution in [3.05, 3.63) is 6.33 Å². The zero-order valence-electron chi connectivity index (χ0n) is 10.6. The molecule has 0 bridgehead atoms. The van der Waals surface area contributed by atoms with Crippen LogP contribution in [0.4, 0.5) is 0 Å². The predicted octanol–water partition coefficient (Wildman–Crippen LogP) is 1.96. The predicted molar refractivity (Wildman–Crippen MR) is 71.1 cm³/mol.